The Kier molecular flexibility index (Phi) is 19.8. The third kappa shape index (κ3) is 19.6. The van der Waals surface area contributed by atoms with Crippen molar-refractivity contribution < 1.29 is 63.2 Å². The van der Waals surface area contributed by atoms with Crippen LogP contribution in [0.1, 0.15) is 11.1 Å². The summed E-state index contributed by atoms with van der Waals surface area (Å²) in [4.78, 5) is 55.2. The van der Waals surface area contributed by atoms with Gasteiger partial charge in [-0.25, -0.2) is 0 Å². The van der Waals surface area contributed by atoms with Gasteiger partial charge in [-0.2, -0.15) is 0 Å². The summed E-state index contributed by atoms with van der Waals surface area (Å²) in [6, 6.07) is 16.1. The van der Waals surface area contributed by atoms with Gasteiger partial charge in [-0.15, -0.1) is 0 Å². The van der Waals surface area contributed by atoms with E-state index >= 15 is 0 Å². The number of benzene rings is 2. The van der Waals surface area contributed by atoms with Crippen molar-refractivity contribution >= 4 is 44.6 Å². The second-order valence-electron chi connectivity index (χ2n) is 6.01. The van der Waals surface area contributed by atoms with Crippen molar-refractivity contribution in [2.75, 3.05) is 38.0 Å². The molecular formula is C17H21MoN3O9Si3-6. The second-order valence-corrected chi connectivity index (χ2v) is 7.51. The first-order valence-electron chi connectivity index (χ1n) is 8.47. The Morgan fingerprint density at radius 1 is 0.606 bits per heavy atom. The number of rotatable bonds is 4. The fraction of sp³-hybridized carbons (Fsp3) is 0.235. The van der Waals surface area contributed by atoms with Gasteiger partial charge in [0.25, 0.3) is 0 Å². The van der Waals surface area contributed by atoms with Crippen LogP contribution in [0.2, 0.25) is 0 Å². The molecule has 182 valence electrons. The molecule has 0 aromatic heterocycles. The van der Waals surface area contributed by atoms with Crippen LogP contribution in [0.3, 0.4) is 0 Å². The molecule has 0 fully saturated rings. The summed E-state index contributed by atoms with van der Waals surface area (Å²) in [5.74, 6) is 0. The summed E-state index contributed by atoms with van der Waals surface area (Å²) in [6.07, 6.45) is 0. The van der Waals surface area contributed by atoms with E-state index in [9.17, 15) is 0 Å². The summed E-state index contributed by atoms with van der Waals surface area (Å²) in [6.45, 7) is 0. The maximum absolute atomic E-state index is 8.52. The van der Waals surface area contributed by atoms with Gasteiger partial charge in [-0.1, -0.05) is 24.3 Å². The van der Waals surface area contributed by atoms with E-state index in [4.69, 9.17) is 47.6 Å². The molecule has 16 heteroatoms. The molecule has 0 aliphatic rings. The maximum atomic E-state index is 8.52. The minimum absolute atomic E-state index is 0. The molecule has 2 aromatic rings. The molecule has 0 amide bonds. The first-order valence-corrected chi connectivity index (χ1v) is 12.1. The summed E-state index contributed by atoms with van der Waals surface area (Å²) in [5, 5.41) is 8.30. The number of anilines is 2. The Morgan fingerprint density at radius 3 is 0.939 bits per heavy atom. The largest absolute Gasteiger partial charge is 0.672 e. The van der Waals surface area contributed by atoms with Gasteiger partial charge >= 0.3 is 0 Å². The van der Waals surface area contributed by atoms with E-state index in [0.717, 1.165) is 22.5 Å². The Balaban J connectivity index is -0.000000578. The molecular weight excluding hydrogens is 570 g/mol. The van der Waals surface area contributed by atoms with Crippen molar-refractivity contribution in [3.8, 4) is 0 Å². The second kappa shape index (κ2) is 18.8. The number of nitrogens with zero attached hydrogens (tertiary/aromatic N) is 2. The van der Waals surface area contributed by atoms with Crippen LogP contribution in [0.4, 0.5) is 11.4 Å². The fourth-order valence-corrected chi connectivity index (χ4v) is 2.02. The molecule has 33 heavy (non-hydrogen) atoms. The maximum Gasteiger partial charge on any atom is 0.0684 e. The van der Waals surface area contributed by atoms with Gasteiger partial charge in [0.1, 0.15) is 0 Å². The number of hydrogen-bond acceptors (Lipinski definition) is 12. The van der Waals surface area contributed by atoms with Crippen molar-refractivity contribution in [3.63, 3.8) is 0 Å². The molecule has 0 aliphatic carbocycles. The first kappa shape index (κ1) is 34.9. The van der Waals surface area contributed by atoms with Crippen LogP contribution in [0.15, 0.2) is 48.5 Å². The molecule has 0 saturated carbocycles. The van der Waals surface area contributed by atoms with Gasteiger partial charge < -0.3 is 52.0 Å². The summed E-state index contributed by atoms with van der Waals surface area (Å²) >= 11 is 0. The quantitative estimate of drug-likeness (QED) is 0.261. The van der Waals surface area contributed by atoms with Crippen LogP contribution in [0, 0.1) is 5.41 Å². The van der Waals surface area contributed by atoms with E-state index in [0.29, 0.717) is 5.71 Å². The van der Waals surface area contributed by atoms with Crippen LogP contribution < -0.4 is 38.6 Å². The van der Waals surface area contributed by atoms with Crippen molar-refractivity contribution in [1.82, 2.24) is 0 Å². The van der Waals surface area contributed by atoms with Gasteiger partial charge in [0, 0.05) is 99.3 Å². The number of nitrogens with one attached hydrogen (secondary N) is 1. The van der Waals surface area contributed by atoms with Crippen LogP contribution in [0.25, 0.3) is 0 Å². The minimum atomic E-state index is -3.63. The summed E-state index contributed by atoms with van der Waals surface area (Å²) in [5.41, 5.74) is 4.72. The SMILES string of the molecule is CN(C)c1ccc(C(=N)c2ccc(N(C)C)cc2)cc1.O=[Si]([O-])[O-].O=[Si]([O-])[O-].O=[Si]([O-])[O-].[Mo]. The van der Waals surface area contributed by atoms with Gasteiger partial charge in [0.05, 0.1) is 5.71 Å². The third-order valence-electron chi connectivity index (χ3n) is 3.34. The van der Waals surface area contributed by atoms with E-state index < -0.39 is 27.5 Å². The van der Waals surface area contributed by atoms with Crippen LogP contribution in [0.5, 0.6) is 0 Å². The van der Waals surface area contributed by atoms with Crippen molar-refractivity contribution in [2.24, 2.45) is 0 Å². The number of hydrogen-bond donors (Lipinski definition) is 1. The predicted octanol–water partition coefficient (Wildman–Crippen LogP) is -5.40. The van der Waals surface area contributed by atoms with Gasteiger partial charge in [-0.05, 0) is 24.3 Å². The molecule has 1 N–H and O–H groups in total. The molecule has 12 nitrogen and oxygen atoms in total. The van der Waals surface area contributed by atoms with E-state index in [1.165, 1.54) is 0 Å². The normalized spacial score (nSPS) is 8.36. The minimum Gasteiger partial charge on any atom is -0.672 e. The Labute approximate surface area is 210 Å². The van der Waals surface area contributed by atoms with Crippen LogP contribution in [-0.4, -0.2) is 61.4 Å². The molecule has 0 bridgehead atoms. The topological polar surface area (TPSA) is 220 Å². The zero-order valence-electron chi connectivity index (χ0n) is 18.1. The van der Waals surface area contributed by atoms with Gasteiger partial charge in [-0.3, -0.25) is 5.41 Å². The zero-order valence-corrected chi connectivity index (χ0v) is 23.1. The first-order chi connectivity index (χ1) is 14.7. The Morgan fingerprint density at radius 2 is 0.788 bits per heavy atom. The van der Waals surface area contributed by atoms with E-state index in [-0.39, 0.29) is 21.1 Å². The summed E-state index contributed by atoms with van der Waals surface area (Å²) in [7, 11) is -2.83. The van der Waals surface area contributed by atoms with Gasteiger partial charge in [0.15, 0.2) is 0 Å². The molecule has 0 unspecified atom stereocenters. The molecule has 0 atom stereocenters. The van der Waals surface area contributed by atoms with E-state index in [2.05, 4.69) is 9.80 Å². The zero-order chi connectivity index (χ0) is 25.4. The standard InChI is InChI=1S/C17H21N3.Mo.3O3Si/c1-19(2)15-9-5-13(6-10-15)17(18)14-7-11-16(12-8-14)20(3)4;;3*1-4(2)3/h5-12,18H,1-4H3;;;;/q;;3*-2. The molecule has 2 rings (SSSR count). The predicted molar refractivity (Wildman–Crippen MR) is 107 cm³/mol. The van der Waals surface area contributed by atoms with Crippen LogP contribution >= 0.6 is 0 Å². The summed E-state index contributed by atoms with van der Waals surface area (Å²) < 4.78 is 25.6. The third-order valence-corrected chi connectivity index (χ3v) is 3.34. The van der Waals surface area contributed by atoms with Crippen molar-refractivity contribution in [1.29, 1.82) is 5.41 Å². The monoisotopic (exact) mass is 593 g/mol. The van der Waals surface area contributed by atoms with E-state index in [1.54, 1.807) is 0 Å². The van der Waals surface area contributed by atoms with Crippen molar-refractivity contribution in [2.45, 2.75) is 0 Å². The molecule has 0 spiro atoms. The van der Waals surface area contributed by atoms with Crippen molar-refractivity contribution in [3.05, 3.63) is 59.7 Å². The van der Waals surface area contributed by atoms with E-state index in [1.807, 2.05) is 76.7 Å². The molecule has 0 radical (unpaired) electrons. The average Bonchev–Trinajstić information content (AvgIpc) is 2.66. The molecule has 0 heterocycles. The Hall–Kier alpha value is -2.75. The van der Waals surface area contributed by atoms with Crippen LogP contribution in [-0.2, 0) is 34.5 Å². The fourth-order valence-electron chi connectivity index (χ4n) is 2.02. The molecule has 2 aromatic carbocycles. The molecule has 0 saturated heterocycles. The van der Waals surface area contributed by atoms with Gasteiger partial charge in [0.2, 0.25) is 0 Å². The average molecular weight is 592 g/mol. The smallest absolute Gasteiger partial charge is 0.0684 e. The Bertz CT molecular complexity index is 790. The molecule has 0 aliphatic heterocycles.